The van der Waals surface area contributed by atoms with Crippen LogP contribution < -0.4 is 0 Å². The van der Waals surface area contributed by atoms with E-state index in [4.69, 9.17) is 8.94 Å². The third kappa shape index (κ3) is 3.09. The van der Waals surface area contributed by atoms with Crippen molar-refractivity contribution >= 4 is 0 Å². The topological polar surface area (TPSA) is 65.0 Å². The normalized spacial score (nSPS) is 12.6. The Balaban J connectivity index is 2.10. The van der Waals surface area contributed by atoms with E-state index in [9.17, 15) is 26.3 Å². The van der Waals surface area contributed by atoms with Crippen molar-refractivity contribution in [2.75, 3.05) is 0 Å². The number of benzene rings is 1. The standard InChI is InChI=1S/C13H5F6N3O2/c14-12(15,16)7-1-6(2-8(3-7)13(17,18)19)10-21-11(24-22-10)9-4-20-5-23-9/h1-5H. The molecule has 0 aliphatic carbocycles. The second-order valence-electron chi connectivity index (χ2n) is 4.58. The van der Waals surface area contributed by atoms with Crippen molar-refractivity contribution < 1.29 is 35.3 Å². The maximum Gasteiger partial charge on any atom is 0.416 e. The van der Waals surface area contributed by atoms with Gasteiger partial charge in [-0.25, -0.2) is 4.98 Å². The van der Waals surface area contributed by atoms with Gasteiger partial charge in [-0.1, -0.05) is 5.16 Å². The average Bonchev–Trinajstić information content (AvgIpc) is 3.16. The van der Waals surface area contributed by atoms with Crippen LogP contribution in [0.3, 0.4) is 0 Å². The summed E-state index contributed by atoms with van der Waals surface area (Å²) in [5.41, 5.74) is -3.44. The van der Waals surface area contributed by atoms with Crippen LogP contribution >= 0.6 is 0 Å². The van der Waals surface area contributed by atoms with Crippen LogP contribution in [-0.2, 0) is 12.4 Å². The molecule has 126 valence electrons. The predicted molar refractivity (Wildman–Crippen MR) is 65.2 cm³/mol. The van der Waals surface area contributed by atoms with Gasteiger partial charge < -0.3 is 8.94 Å². The summed E-state index contributed by atoms with van der Waals surface area (Å²) in [6, 6.07) is 1.02. The van der Waals surface area contributed by atoms with Crippen molar-refractivity contribution in [3.63, 3.8) is 0 Å². The first-order valence-electron chi connectivity index (χ1n) is 6.17. The first kappa shape index (κ1) is 16.0. The van der Waals surface area contributed by atoms with E-state index in [1.165, 1.54) is 6.20 Å². The fourth-order valence-electron chi connectivity index (χ4n) is 1.85. The molecule has 5 nitrogen and oxygen atoms in total. The lowest BCUT2D eigenvalue weighted by molar-refractivity contribution is -0.143. The van der Waals surface area contributed by atoms with Crippen molar-refractivity contribution in [3.05, 3.63) is 41.9 Å². The van der Waals surface area contributed by atoms with Gasteiger partial charge in [0.25, 0.3) is 5.89 Å². The van der Waals surface area contributed by atoms with Crippen molar-refractivity contribution in [3.8, 4) is 23.0 Å². The van der Waals surface area contributed by atoms with Gasteiger partial charge in [0, 0.05) is 5.56 Å². The van der Waals surface area contributed by atoms with E-state index < -0.39 is 34.9 Å². The smallest absolute Gasteiger partial charge is 0.416 e. The summed E-state index contributed by atoms with van der Waals surface area (Å²) in [7, 11) is 0. The van der Waals surface area contributed by atoms with Gasteiger partial charge >= 0.3 is 12.4 Å². The molecule has 0 aliphatic rings. The molecule has 0 radical (unpaired) electrons. The fraction of sp³-hybridized carbons (Fsp3) is 0.154. The highest BCUT2D eigenvalue weighted by Crippen LogP contribution is 2.38. The molecule has 0 spiro atoms. The highest BCUT2D eigenvalue weighted by Gasteiger charge is 2.37. The number of rotatable bonds is 2. The Labute approximate surface area is 128 Å². The van der Waals surface area contributed by atoms with E-state index >= 15 is 0 Å². The van der Waals surface area contributed by atoms with Gasteiger partial charge in [0.2, 0.25) is 11.6 Å². The van der Waals surface area contributed by atoms with Gasteiger partial charge in [-0.2, -0.15) is 31.3 Å². The molecule has 0 saturated carbocycles. The van der Waals surface area contributed by atoms with E-state index in [1.807, 2.05) is 0 Å². The molecule has 0 bridgehead atoms. The van der Waals surface area contributed by atoms with Crippen molar-refractivity contribution in [2.24, 2.45) is 0 Å². The summed E-state index contributed by atoms with van der Waals surface area (Å²) >= 11 is 0. The first-order valence-corrected chi connectivity index (χ1v) is 6.17. The molecular weight excluding hydrogens is 344 g/mol. The van der Waals surface area contributed by atoms with Crippen molar-refractivity contribution in [2.45, 2.75) is 12.4 Å². The van der Waals surface area contributed by atoms with Crippen LogP contribution in [0.25, 0.3) is 23.0 Å². The zero-order chi connectivity index (χ0) is 17.5. The van der Waals surface area contributed by atoms with Gasteiger partial charge in [0.1, 0.15) is 0 Å². The SMILES string of the molecule is FC(F)(F)c1cc(-c2noc(-c3cnco3)n2)cc(C(F)(F)F)c1. The zero-order valence-corrected chi connectivity index (χ0v) is 11.3. The van der Waals surface area contributed by atoms with Crippen LogP contribution in [0.15, 0.2) is 39.7 Å². The molecule has 3 rings (SSSR count). The largest absolute Gasteiger partial charge is 0.438 e. The number of hydrogen-bond donors (Lipinski definition) is 0. The van der Waals surface area contributed by atoms with E-state index in [2.05, 4.69) is 15.1 Å². The number of nitrogens with zero attached hydrogens (tertiary/aromatic N) is 3. The Hall–Kier alpha value is -2.85. The van der Waals surface area contributed by atoms with Crippen molar-refractivity contribution in [1.82, 2.24) is 15.1 Å². The molecule has 0 fully saturated rings. The van der Waals surface area contributed by atoms with Gasteiger partial charge in [0.05, 0.1) is 17.3 Å². The first-order chi connectivity index (χ1) is 11.1. The van der Waals surface area contributed by atoms with Crippen molar-refractivity contribution in [1.29, 1.82) is 0 Å². The highest BCUT2D eigenvalue weighted by atomic mass is 19.4. The van der Waals surface area contributed by atoms with Gasteiger partial charge in [-0.15, -0.1) is 0 Å². The molecular formula is C13H5F6N3O2. The average molecular weight is 349 g/mol. The van der Waals surface area contributed by atoms with Gasteiger partial charge in [0.15, 0.2) is 6.39 Å². The minimum Gasteiger partial charge on any atom is -0.438 e. The Morgan fingerprint density at radius 3 is 2.00 bits per heavy atom. The summed E-state index contributed by atoms with van der Waals surface area (Å²) in [5.74, 6) is -0.650. The maximum atomic E-state index is 12.8. The van der Waals surface area contributed by atoms with Gasteiger partial charge in [-0.3, -0.25) is 0 Å². The van der Waals surface area contributed by atoms with Gasteiger partial charge in [-0.05, 0) is 18.2 Å². The highest BCUT2D eigenvalue weighted by molar-refractivity contribution is 5.60. The van der Waals surface area contributed by atoms with Crippen LogP contribution in [0.2, 0.25) is 0 Å². The van der Waals surface area contributed by atoms with E-state index in [1.54, 1.807) is 0 Å². The minimum atomic E-state index is -4.96. The molecule has 0 amide bonds. The lowest BCUT2D eigenvalue weighted by Gasteiger charge is -2.12. The molecule has 3 aromatic rings. The van der Waals surface area contributed by atoms with Crippen LogP contribution in [-0.4, -0.2) is 15.1 Å². The predicted octanol–water partition coefficient (Wildman–Crippen LogP) is 4.43. The number of oxazole rings is 1. The lowest BCUT2D eigenvalue weighted by Crippen LogP contribution is -2.11. The third-order valence-corrected chi connectivity index (χ3v) is 2.91. The summed E-state index contributed by atoms with van der Waals surface area (Å²) < 4.78 is 86.6. The summed E-state index contributed by atoms with van der Waals surface area (Å²) in [6.07, 6.45) is -7.68. The number of alkyl halides is 6. The monoisotopic (exact) mass is 349 g/mol. The molecule has 11 heteroatoms. The molecule has 0 saturated heterocycles. The second-order valence-corrected chi connectivity index (χ2v) is 4.58. The number of aromatic nitrogens is 3. The van der Waals surface area contributed by atoms with Crippen LogP contribution in [0.4, 0.5) is 26.3 Å². The van der Waals surface area contributed by atoms with E-state index in [0.717, 1.165) is 6.39 Å². The third-order valence-electron chi connectivity index (χ3n) is 2.91. The molecule has 2 aromatic heterocycles. The Bertz CT molecular complexity index is 819. The molecule has 1 aromatic carbocycles. The molecule has 24 heavy (non-hydrogen) atoms. The minimum absolute atomic E-state index is 0.0148. The fourth-order valence-corrected chi connectivity index (χ4v) is 1.85. The van der Waals surface area contributed by atoms with E-state index in [0.29, 0.717) is 12.1 Å². The maximum absolute atomic E-state index is 12.8. The molecule has 0 aliphatic heterocycles. The summed E-state index contributed by atoms with van der Waals surface area (Å²) in [6.45, 7) is 0. The zero-order valence-electron chi connectivity index (χ0n) is 11.3. The van der Waals surface area contributed by atoms with E-state index in [-0.39, 0.29) is 17.7 Å². The Kier molecular flexibility index (Phi) is 3.57. The molecule has 0 N–H and O–H groups in total. The Morgan fingerprint density at radius 2 is 1.50 bits per heavy atom. The lowest BCUT2D eigenvalue weighted by atomic mass is 10.0. The van der Waals surface area contributed by atoms with Crippen LogP contribution in [0, 0.1) is 0 Å². The second kappa shape index (κ2) is 5.35. The summed E-state index contributed by atoms with van der Waals surface area (Å²) in [5, 5.41) is 3.38. The van der Waals surface area contributed by atoms with Crippen LogP contribution in [0.5, 0.6) is 0 Å². The number of hydrogen-bond acceptors (Lipinski definition) is 5. The van der Waals surface area contributed by atoms with Crippen LogP contribution in [0.1, 0.15) is 11.1 Å². The summed E-state index contributed by atoms with van der Waals surface area (Å²) in [4.78, 5) is 7.30. The molecule has 0 atom stereocenters. The molecule has 0 unspecified atom stereocenters. The number of halogens is 6. The quantitative estimate of drug-likeness (QED) is 0.641. The Morgan fingerprint density at radius 1 is 0.875 bits per heavy atom. The molecule has 2 heterocycles.